The average Bonchev–Trinajstić information content (AvgIpc) is 2.94. The van der Waals surface area contributed by atoms with Gasteiger partial charge < -0.3 is 5.73 Å². The van der Waals surface area contributed by atoms with Crippen molar-refractivity contribution in [2.75, 3.05) is 0 Å². The number of aryl methyl sites for hydroxylation is 1. The molecule has 0 spiro atoms. The van der Waals surface area contributed by atoms with E-state index in [0.29, 0.717) is 0 Å². The number of nitrogens with two attached hydrogens (primary N) is 1. The molecule has 4 nitrogen and oxygen atoms in total. The zero-order chi connectivity index (χ0) is 12.7. The second-order valence-electron chi connectivity index (χ2n) is 4.05. The van der Waals surface area contributed by atoms with Crippen molar-refractivity contribution >= 4 is 37.5 Å². The van der Waals surface area contributed by atoms with Gasteiger partial charge in [0.25, 0.3) is 0 Å². The Morgan fingerprint density at radius 1 is 1.44 bits per heavy atom. The van der Waals surface area contributed by atoms with E-state index >= 15 is 0 Å². The van der Waals surface area contributed by atoms with E-state index in [1.54, 1.807) is 22.2 Å². The van der Waals surface area contributed by atoms with Crippen molar-refractivity contribution in [2.24, 2.45) is 12.8 Å². The van der Waals surface area contributed by atoms with Crippen LogP contribution in [0.5, 0.6) is 0 Å². The highest BCUT2D eigenvalue weighted by atomic mass is 79.9. The SMILES string of the molecule is Cn1ncc(Br)c1C(N)c1cnc2ccsc2c1. The number of nitrogens with zero attached hydrogens (tertiary/aromatic N) is 3. The third-order valence-electron chi connectivity index (χ3n) is 2.92. The predicted molar refractivity (Wildman–Crippen MR) is 76.6 cm³/mol. The number of halogens is 1. The first-order valence-corrected chi connectivity index (χ1v) is 7.10. The second-order valence-corrected chi connectivity index (χ2v) is 5.85. The smallest absolute Gasteiger partial charge is 0.0809 e. The lowest BCUT2D eigenvalue weighted by Crippen LogP contribution is -2.16. The molecule has 0 saturated heterocycles. The van der Waals surface area contributed by atoms with E-state index in [1.807, 2.05) is 24.7 Å². The van der Waals surface area contributed by atoms with Crippen molar-refractivity contribution in [3.05, 3.63) is 45.6 Å². The summed E-state index contributed by atoms with van der Waals surface area (Å²) in [4.78, 5) is 4.42. The minimum absolute atomic E-state index is 0.231. The quantitative estimate of drug-likeness (QED) is 0.789. The highest BCUT2D eigenvalue weighted by Crippen LogP contribution is 2.28. The molecule has 1 unspecified atom stereocenters. The minimum Gasteiger partial charge on any atom is -0.319 e. The first-order chi connectivity index (χ1) is 8.66. The van der Waals surface area contributed by atoms with Gasteiger partial charge in [-0.2, -0.15) is 5.10 Å². The summed E-state index contributed by atoms with van der Waals surface area (Å²) in [6.45, 7) is 0. The number of thiophene rings is 1. The van der Waals surface area contributed by atoms with Gasteiger partial charge in [0.1, 0.15) is 0 Å². The first-order valence-electron chi connectivity index (χ1n) is 5.43. The fourth-order valence-electron chi connectivity index (χ4n) is 1.96. The Labute approximate surface area is 117 Å². The summed E-state index contributed by atoms with van der Waals surface area (Å²) in [6, 6.07) is 3.87. The lowest BCUT2D eigenvalue weighted by molar-refractivity contribution is 0.671. The average molecular weight is 323 g/mol. The monoisotopic (exact) mass is 322 g/mol. The molecule has 0 aliphatic rings. The summed E-state index contributed by atoms with van der Waals surface area (Å²) in [5.41, 5.74) is 9.26. The molecule has 3 rings (SSSR count). The highest BCUT2D eigenvalue weighted by molar-refractivity contribution is 9.10. The lowest BCUT2D eigenvalue weighted by atomic mass is 10.1. The van der Waals surface area contributed by atoms with Crippen LogP contribution in [0.15, 0.2) is 34.4 Å². The molecule has 0 aliphatic heterocycles. The molecule has 18 heavy (non-hydrogen) atoms. The van der Waals surface area contributed by atoms with Gasteiger partial charge in [0, 0.05) is 13.2 Å². The summed E-state index contributed by atoms with van der Waals surface area (Å²) in [6.07, 6.45) is 3.59. The van der Waals surface area contributed by atoms with Gasteiger partial charge in [-0.15, -0.1) is 11.3 Å². The molecule has 2 N–H and O–H groups in total. The molecule has 1 atom stereocenters. The van der Waals surface area contributed by atoms with Crippen LogP contribution in [0, 0.1) is 0 Å². The van der Waals surface area contributed by atoms with Crippen LogP contribution in [-0.4, -0.2) is 14.8 Å². The predicted octanol–water partition coefficient (Wildman–Crippen LogP) is 2.84. The fourth-order valence-corrected chi connectivity index (χ4v) is 3.34. The van der Waals surface area contributed by atoms with Crippen LogP contribution in [0.1, 0.15) is 17.3 Å². The molecule has 0 radical (unpaired) electrons. The highest BCUT2D eigenvalue weighted by Gasteiger charge is 2.17. The maximum absolute atomic E-state index is 6.30. The Morgan fingerprint density at radius 3 is 3.00 bits per heavy atom. The van der Waals surface area contributed by atoms with Crippen molar-refractivity contribution in [1.29, 1.82) is 0 Å². The number of hydrogen-bond donors (Lipinski definition) is 1. The molecule has 0 saturated carbocycles. The second kappa shape index (κ2) is 4.46. The van der Waals surface area contributed by atoms with Crippen LogP contribution in [0.3, 0.4) is 0 Å². The van der Waals surface area contributed by atoms with Crippen molar-refractivity contribution in [3.8, 4) is 0 Å². The zero-order valence-corrected chi connectivity index (χ0v) is 12.1. The van der Waals surface area contributed by atoms with Gasteiger partial charge in [0.05, 0.1) is 32.6 Å². The number of aromatic nitrogens is 3. The molecule has 92 valence electrons. The summed E-state index contributed by atoms with van der Waals surface area (Å²) in [5, 5.41) is 6.22. The summed E-state index contributed by atoms with van der Waals surface area (Å²) >= 11 is 5.15. The number of rotatable bonds is 2. The summed E-state index contributed by atoms with van der Waals surface area (Å²) in [5.74, 6) is 0. The van der Waals surface area contributed by atoms with Gasteiger partial charge in [-0.1, -0.05) is 0 Å². The Hall–Kier alpha value is -1.24. The Balaban J connectivity index is 2.08. The van der Waals surface area contributed by atoms with Crippen molar-refractivity contribution < 1.29 is 0 Å². The molecule has 0 fully saturated rings. The molecule has 0 aliphatic carbocycles. The van der Waals surface area contributed by atoms with E-state index in [2.05, 4.69) is 32.1 Å². The number of hydrogen-bond acceptors (Lipinski definition) is 4. The summed E-state index contributed by atoms with van der Waals surface area (Å²) < 4.78 is 3.86. The first kappa shape index (κ1) is 11.8. The Morgan fingerprint density at radius 2 is 2.28 bits per heavy atom. The third-order valence-corrected chi connectivity index (χ3v) is 4.38. The zero-order valence-electron chi connectivity index (χ0n) is 9.67. The van der Waals surface area contributed by atoms with E-state index in [4.69, 9.17) is 5.73 Å². The van der Waals surface area contributed by atoms with Crippen molar-refractivity contribution in [1.82, 2.24) is 14.8 Å². The number of pyridine rings is 1. The van der Waals surface area contributed by atoms with E-state index in [1.165, 1.54) is 0 Å². The molecule has 0 bridgehead atoms. The normalized spacial score (nSPS) is 13.1. The van der Waals surface area contributed by atoms with Crippen LogP contribution in [-0.2, 0) is 7.05 Å². The molecule has 3 aromatic heterocycles. The van der Waals surface area contributed by atoms with Crippen LogP contribution in [0.4, 0.5) is 0 Å². The number of fused-ring (bicyclic) bond motifs is 1. The lowest BCUT2D eigenvalue weighted by Gasteiger charge is -2.13. The Bertz CT molecular complexity index is 683. The molecule has 6 heteroatoms. The van der Waals surface area contributed by atoms with Crippen LogP contribution in [0.25, 0.3) is 10.2 Å². The van der Waals surface area contributed by atoms with Gasteiger partial charge in [-0.3, -0.25) is 9.67 Å². The molecule has 3 aromatic rings. The summed E-state index contributed by atoms with van der Waals surface area (Å²) in [7, 11) is 1.89. The molecular formula is C12H11BrN4S. The molecular weight excluding hydrogens is 312 g/mol. The third kappa shape index (κ3) is 1.86. The van der Waals surface area contributed by atoms with Gasteiger partial charge >= 0.3 is 0 Å². The van der Waals surface area contributed by atoms with Crippen LogP contribution < -0.4 is 5.73 Å². The van der Waals surface area contributed by atoms with E-state index in [9.17, 15) is 0 Å². The Kier molecular flexibility index (Phi) is 2.93. The maximum Gasteiger partial charge on any atom is 0.0809 e. The van der Waals surface area contributed by atoms with Gasteiger partial charge in [-0.05, 0) is 39.0 Å². The minimum atomic E-state index is -0.231. The van der Waals surface area contributed by atoms with Gasteiger partial charge in [0.2, 0.25) is 0 Å². The molecule has 0 amide bonds. The van der Waals surface area contributed by atoms with Gasteiger partial charge in [-0.25, -0.2) is 0 Å². The topological polar surface area (TPSA) is 56.7 Å². The van der Waals surface area contributed by atoms with Crippen LogP contribution in [0.2, 0.25) is 0 Å². The van der Waals surface area contributed by atoms with E-state index in [0.717, 1.165) is 25.9 Å². The van der Waals surface area contributed by atoms with E-state index in [-0.39, 0.29) is 6.04 Å². The molecule has 3 heterocycles. The maximum atomic E-state index is 6.30. The fraction of sp³-hybridized carbons (Fsp3) is 0.167. The van der Waals surface area contributed by atoms with Crippen molar-refractivity contribution in [3.63, 3.8) is 0 Å². The van der Waals surface area contributed by atoms with Crippen LogP contribution >= 0.6 is 27.3 Å². The van der Waals surface area contributed by atoms with Gasteiger partial charge in [0.15, 0.2) is 0 Å². The molecule has 0 aromatic carbocycles. The largest absolute Gasteiger partial charge is 0.319 e. The standard InChI is InChI=1S/C12H11BrN4S/c1-17-12(8(13)6-16-17)11(14)7-4-10-9(15-5-7)2-3-18-10/h2-6,11H,14H2,1H3. The van der Waals surface area contributed by atoms with Crippen molar-refractivity contribution in [2.45, 2.75) is 6.04 Å². The van der Waals surface area contributed by atoms with E-state index < -0.39 is 0 Å².